The molecule has 2 heterocycles. The van der Waals surface area contributed by atoms with Crippen LogP contribution in [0.1, 0.15) is 36.7 Å². The van der Waals surface area contributed by atoms with Gasteiger partial charge in [0.2, 0.25) is 0 Å². The first-order valence-corrected chi connectivity index (χ1v) is 6.83. The second-order valence-corrected chi connectivity index (χ2v) is 5.36. The van der Waals surface area contributed by atoms with Crippen LogP contribution in [0.4, 0.5) is 0 Å². The number of amides is 1. The van der Waals surface area contributed by atoms with E-state index in [2.05, 4.69) is 13.8 Å². The number of hydrogen-bond acceptors (Lipinski definition) is 3. The SMILES string of the molecule is CCO[C@]12OC[C@H](C(C)C)N1C(=O)c1ccccc12. The third kappa shape index (κ3) is 1.56. The molecule has 2 atom stereocenters. The molecule has 102 valence electrons. The summed E-state index contributed by atoms with van der Waals surface area (Å²) in [5.41, 5.74) is 1.53. The predicted molar refractivity (Wildman–Crippen MR) is 70.5 cm³/mol. The number of rotatable bonds is 3. The van der Waals surface area contributed by atoms with Gasteiger partial charge in [0, 0.05) is 12.2 Å². The van der Waals surface area contributed by atoms with Crippen molar-refractivity contribution in [1.29, 1.82) is 0 Å². The molecule has 1 aromatic carbocycles. The van der Waals surface area contributed by atoms with Crippen LogP contribution in [0.25, 0.3) is 0 Å². The lowest BCUT2D eigenvalue weighted by atomic mass is 10.0. The Morgan fingerprint density at radius 2 is 2.21 bits per heavy atom. The minimum Gasteiger partial charge on any atom is -0.329 e. The fourth-order valence-corrected chi connectivity index (χ4v) is 3.00. The molecule has 1 amide bonds. The first-order chi connectivity index (χ1) is 9.12. The molecule has 0 bridgehead atoms. The molecule has 2 aliphatic heterocycles. The zero-order chi connectivity index (χ0) is 13.6. The normalized spacial score (nSPS) is 28.9. The Balaban J connectivity index is 2.13. The Morgan fingerprint density at radius 1 is 1.47 bits per heavy atom. The predicted octanol–water partition coefficient (Wildman–Crippen LogP) is 2.34. The molecule has 0 spiro atoms. The zero-order valence-electron chi connectivity index (χ0n) is 11.6. The Kier molecular flexibility index (Phi) is 2.87. The van der Waals surface area contributed by atoms with E-state index in [1.807, 2.05) is 31.2 Å². The van der Waals surface area contributed by atoms with Crippen LogP contribution in [0.3, 0.4) is 0 Å². The van der Waals surface area contributed by atoms with Crippen LogP contribution in [0.15, 0.2) is 24.3 Å². The van der Waals surface area contributed by atoms with Gasteiger partial charge in [-0.05, 0) is 18.9 Å². The number of carbonyl (C=O) groups is 1. The molecule has 1 saturated heterocycles. The summed E-state index contributed by atoms with van der Waals surface area (Å²) in [5.74, 6) is -0.655. The topological polar surface area (TPSA) is 38.8 Å². The summed E-state index contributed by atoms with van der Waals surface area (Å²) in [5, 5.41) is 0. The molecule has 0 aliphatic carbocycles. The van der Waals surface area contributed by atoms with Crippen molar-refractivity contribution in [3.63, 3.8) is 0 Å². The molecule has 1 fully saturated rings. The molecule has 3 rings (SSSR count). The van der Waals surface area contributed by atoms with Crippen LogP contribution in [0.5, 0.6) is 0 Å². The summed E-state index contributed by atoms with van der Waals surface area (Å²) in [6.07, 6.45) is 0. The number of benzene rings is 1. The van der Waals surface area contributed by atoms with E-state index in [-0.39, 0.29) is 11.9 Å². The lowest BCUT2D eigenvalue weighted by Crippen LogP contribution is -2.47. The van der Waals surface area contributed by atoms with Crippen molar-refractivity contribution in [2.45, 2.75) is 32.7 Å². The number of hydrogen-bond donors (Lipinski definition) is 0. The lowest BCUT2D eigenvalue weighted by Gasteiger charge is -2.33. The highest BCUT2D eigenvalue weighted by molar-refractivity contribution is 6.00. The molecule has 0 saturated carbocycles. The zero-order valence-corrected chi connectivity index (χ0v) is 11.6. The standard InChI is InChI=1S/C15H19NO3/c1-4-18-15-12-8-6-5-7-11(12)14(17)16(15)13(9-19-15)10(2)3/h5-8,10,13H,4,9H2,1-3H3/t13-,15-/m1/s1. The van der Waals surface area contributed by atoms with Gasteiger partial charge in [0.1, 0.15) is 0 Å². The van der Waals surface area contributed by atoms with Crippen LogP contribution in [-0.2, 0) is 15.4 Å². The summed E-state index contributed by atoms with van der Waals surface area (Å²) >= 11 is 0. The first-order valence-electron chi connectivity index (χ1n) is 6.83. The van der Waals surface area contributed by atoms with E-state index >= 15 is 0 Å². The molecular weight excluding hydrogens is 242 g/mol. The largest absolute Gasteiger partial charge is 0.329 e. The third-order valence-corrected chi connectivity index (χ3v) is 3.92. The second kappa shape index (κ2) is 4.32. The quantitative estimate of drug-likeness (QED) is 0.838. The van der Waals surface area contributed by atoms with E-state index in [1.165, 1.54) is 0 Å². The molecule has 19 heavy (non-hydrogen) atoms. The summed E-state index contributed by atoms with van der Waals surface area (Å²) in [6.45, 7) is 7.16. The fraction of sp³-hybridized carbons (Fsp3) is 0.533. The highest BCUT2D eigenvalue weighted by Crippen LogP contribution is 2.47. The number of carbonyl (C=O) groups excluding carboxylic acids is 1. The van der Waals surface area contributed by atoms with Crippen LogP contribution in [0.2, 0.25) is 0 Å². The minimum absolute atomic E-state index is 0.0141. The van der Waals surface area contributed by atoms with Gasteiger partial charge in [-0.1, -0.05) is 32.0 Å². The fourth-order valence-electron chi connectivity index (χ4n) is 3.00. The molecule has 4 heteroatoms. The third-order valence-electron chi connectivity index (χ3n) is 3.92. The monoisotopic (exact) mass is 261 g/mol. The highest BCUT2D eigenvalue weighted by atomic mass is 16.7. The molecule has 1 aromatic rings. The Morgan fingerprint density at radius 3 is 2.89 bits per heavy atom. The van der Waals surface area contributed by atoms with Gasteiger partial charge in [-0.3, -0.25) is 9.69 Å². The van der Waals surface area contributed by atoms with Gasteiger partial charge in [0.25, 0.3) is 11.8 Å². The van der Waals surface area contributed by atoms with E-state index in [0.29, 0.717) is 24.7 Å². The Bertz CT molecular complexity index is 514. The van der Waals surface area contributed by atoms with E-state index in [9.17, 15) is 4.79 Å². The minimum atomic E-state index is -1.00. The molecule has 0 radical (unpaired) electrons. The maximum Gasteiger partial charge on any atom is 0.283 e. The maximum atomic E-state index is 12.6. The molecule has 0 unspecified atom stereocenters. The average Bonchev–Trinajstić information content (AvgIpc) is 2.88. The summed E-state index contributed by atoms with van der Waals surface area (Å²) in [7, 11) is 0. The molecular formula is C15H19NO3. The van der Waals surface area contributed by atoms with Gasteiger partial charge >= 0.3 is 0 Å². The molecule has 0 aromatic heterocycles. The van der Waals surface area contributed by atoms with Crippen LogP contribution < -0.4 is 0 Å². The van der Waals surface area contributed by atoms with Crippen LogP contribution >= 0.6 is 0 Å². The molecule has 2 aliphatic rings. The van der Waals surface area contributed by atoms with Crippen molar-refractivity contribution in [2.75, 3.05) is 13.2 Å². The van der Waals surface area contributed by atoms with Gasteiger partial charge < -0.3 is 9.47 Å². The summed E-state index contributed by atoms with van der Waals surface area (Å²) in [6, 6.07) is 7.63. The summed E-state index contributed by atoms with van der Waals surface area (Å²) in [4.78, 5) is 14.4. The van der Waals surface area contributed by atoms with Crippen LogP contribution in [-0.4, -0.2) is 30.1 Å². The van der Waals surface area contributed by atoms with E-state index < -0.39 is 5.91 Å². The van der Waals surface area contributed by atoms with Crippen molar-refractivity contribution in [1.82, 2.24) is 4.90 Å². The van der Waals surface area contributed by atoms with Gasteiger partial charge in [0.05, 0.1) is 18.2 Å². The van der Waals surface area contributed by atoms with Crippen molar-refractivity contribution >= 4 is 5.91 Å². The van der Waals surface area contributed by atoms with Crippen molar-refractivity contribution in [3.8, 4) is 0 Å². The summed E-state index contributed by atoms with van der Waals surface area (Å²) < 4.78 is 11.8. The number of ether oxygens (including phenoxy) is 2. The Hall–Kier alpha value is -1.39. The van der Waals surface area contributed by atoms with Crippen molar-refractivity contribution in [2.24, 2.45) is 5.92 Å². The molecule has 4 nitrogen and oxygen atoms in total. The first kappa shape index (κ1) is 12.6. The smallest absolute Gasteiger partial charge is 0.283 e. The van der Waals surface area contributed by atoms with E-state index in [4.69, 9.17) is 9.47 Å². The van der Waals surface area contributed by atoms with Gasteiger partial charge in [-0.15, -0.1) is 0 Å². The van der Waals surface area contributed by atoms with Crippen molar-refractivity contribution in [3.05, 3.63) is 35.4 Å². The second-order valence-electron chi connectivity index (χ2n) is 5.36. The lowest BCUT2D eigenvalue weighted by molar-refractivity contribution is -0.267. The molecule has 0 N–H and O–H groups in total. The van der Waals surface area contributed by atoms with E-state index in [1.54, 1.807) is 4.90 Å². The Labute approximate surface area is 113 Å². The van der Waals surface area contributed by atoms with Crippen LogP contribution in [0, 0.1) is 5.92 Å². The van der Waals surface area contributed by atoms with E-state index in [0.717, 1.165) is 5.56 Å². The van der Waals surface area contributed by atoms with Gasteiger partial charge in [-0.25, -0.2) is 0 Å². The van der Waals surface area contributed by atoms with Gasteiger partial charge in [0.15, 0.2) is 0 Å². The number of nitrogens with zero attached hydrogens (tertiary/aromatic N) is 1. The van der Waals surface area contributed by atoms with Gasteiger partial charge in [-0.2, -0.15) is 0 Å². The highest BCUT2D eigenvalue weighted by Gasteiger charge is 2.59. The average molecular weight is 261 g/mol. The number of fused-ring (bicyclic) bond motifs is 3. The van der Waals surface area contributed by atoms with Crippen molar-refractivity contribution < 1.29 is 14.3 Å². The maximum absolute atomic E-state index is 12.6.